The van der Waals surface area contributed by atoms with E-state index in [-0.39, 0.29) is 5.76 Å². The predicted molar refractivity (Wildman–Crippen MR) is 98.5 cm³/mol. The third-order valence-electron chi connectivity index (χ3n) is 3.84. The van der Waals surface area contributed by atoms with Crippen LogP contribution < -0.4 is 14.8 Å². The van der Waals surface area contributed by atoms with Gasteiger partial charge in [0.25, 0.3) is 5.91 Å². The summed E-state index contributed by atoms with van der Waals surface area (Å²) in [6, 6.07) is 8.52. The van der Waals surface area contributed by atoms with Crippen LogP contribution in [0.25, 0.3) is 11.0 Å². The number of ether oxygens (including phenoxy) is 2. The number of halogens is 2. The third kappa shape index (κ3) is 3.13. The maximum absolute atomic E-state index is 12.7. The molecule has 25 heavy (non-hydrogen) atoms. The topological polar surface area (TPSA) is 60.7 Å². The molecule has 130 valence electrons. The number of methoxy groups -OCH3 is 2. The number of para-hydroxylation sites is 1. The van der Waals surface area contributed by atoms with Crippen LogP contribution in [0.1, 0.15) is 16.1 Å². The Bertz CT molecular complexity index is 965. The molecule has 7 heteroatoms. The highest BCUT2D eigenvalue weighted by molar-refractivity contribution is 6.35. The van der Waals surface area contributed by atoms with Crippen LogP contribution in [0, 0.1) is 6.92 Å². The monoisotopic (exact) mass is 379 g/mol. The van der Waals surface area contributed by atoms with E-state index >= 15 is 0 Å². The zero-order chi connectivity index (χ0) is 18.1. The first-order valence-corrected chi connectivity index (χ1v) is 8.12. The Morgan fingerprint density at radius 3 is 2.44 bits per heavy atom. The van der Waals surface area contributed by atoms with Gasteiger partial charge in [-0.15, -0.1) is 0 Å². The second-order valence-corrected chi connectivity index (χ2v) is 6.13. The molecule has 3 rings (SSSR count). The summed E-state index contributed by atoms with van der Waals surface area (Å²) < 4.78 is 16.1. The largest absolute Gasteiger partial charge is 0.495 e. The quantitative estimate of drug-likeness (QED) is 0.666. The van der Waals surface area contributed by atoms with E-state index in [1.54, 1.807) is 25.1 Å². The Morgan fingerprint density at radius 1 is 1.08 bits per heavy atom. The van der Waals surface area contributed by atoms with E-state index in [2.05, 4.69) is 5.32 Å². The highest BCUT2D eigenvalue weighted by Gasteiger charge is 2.21. The number of carbonyl (C=O) groups is 1. The zero-order valence-electron chi connectivity index (χ0n) is 13.8. The lowest BCUT2D eigenvalue weighted by molar-refractivity contribution is 0.0997. The number of benzene rings is 2. The van der Waals surface area contributed by atoms with Crippen molar-refractivity contribution in [2.75, 3.05) is 19.5 Å². The van der Waals surface area contributed by atoms with E-state index in [1.807, 2.05) is 12.1 Å². The number of fused-ring (bicyclic) bond motifs is 1. The lowest BCUT2D eigenvalue weighted by Crippen LogP contribution is -2.13. The van der Waals surface area contributed by atoms with E-state index in [1.165, 1.54) is 14.2 Å². The number of anilines is 1. The molecule has 3 aromatic rings. The molecule has 0 radical (unpaired) electrons. The normalized spacial score (nSPS) is 10.8. The van der Waals surface area contributed by atoms with Crippen LogP contribution in [0.15, 0.2) is 34.7 Å². The molecule has 0 spiro atoms. The lowest BCUT2D eigenvalue weighted by Gasteiger charge is -2.12. The summed E-state index contributed by atoms with van der Waals surface area (Å²) in [5.41, 5.74) is 1.60. The summed E-state index contributed by atoms with van der Waals surface area (Å²) in [7, 11) is 2.98. The number of furan rings is 1. The van der Waals surface area contributed by atoms with Crippen molar-refractivity contribution in [3.63, 3.8) is 0 Å². The van der Waals surface area contributed by atoms with Gasteiger partial charge in [-0.2, -0.15) is 0 Å². The van der Waals surface area contributed by atoms with E-state index < -0.39 is 5.91 Å². The van der Waals surface area contributed by atoms with E-state index in [4.69, 9.17) is 37.1 Å². The Hall–Kier alpha value is -2.37. The molecular weight excluding hydrogens is 365 g/mol. The highest BCUT2D eigenvalue weighted by atomic mass is 35.5. The van der Waals surface area contributed by atoms with E-state index in [0.29, 0.717) is 38.4 Å². The van der Waals surface area contributed by atoms with Crippen molar-refractivity contribution in [3.05, 3.63) is 51.7 Å². The van der Waals surface area contributed by atoms with Gasteiger partial charge < -0.3 is 19.2 Å². The number of hydrogen-bond donors (Lipinski definition) is 1. The predicted octanol–water partition coefficient (Wildman–Crippen LogP) is 5.32. The Kier molecular flexibility index (Phi) is 4.79. The molecule has 0 saturated heterocycles. The number of rotatable bonds is 4. The van der Waals surface area contributed by atoms with Crippen molar-refractivity contribution in [2.45, 2.75) is 6.92 Å². The number of hydrogen-bond acceptors (Lipinski definition) is 4. The second-order valence-electron chi connectivity index (χ2n) is 5.31. The fourth-order valence-electron chi connectivity index (χ4n) is 2.56. The number of carbonyl (C=O) groups excluding carboxylic acids is 1. The third-order valence-corrected chi connectivity index (χ3v) is 4.44. The molecule has 2 aromatic carbocycles. The molecule has 0 aliphatic carbocycles. The van der Waals surface area contributed by atoms with Gasteiger partial charge in [-0.3, -0.25) is 4.79 Å². The second kappa shape index (κ2) is 6.86. The fraction of sp³-hybridized carbons (Fsp3) is 0.167. The van der Waals surface area contributed by atoms with Crippen molar-refractivity contribution in [2.24, 2.45) is 0 Å². The van der Waals surface area contributed by atoms with E-state index in [0.717, 1.165) is 5.39 Å². The molecule has 0 unspecified atom stereocenters. The average Bonchev–Trinajstić information content (AvgIpc) is 2.94. The van der Waals surface area contributed by atoms with Crippen molar-refractivity contribution in [3.8, 4) is 11.5 Å². The summed E-state index contributed by atoms with van der Waals surface area (Å²) >= 11 is 12.2. The first-order chi connectivity index (χ1) is 12.0. The van der Waals surface area contributed by atoms with Crippen LogP contribution in [-0.2, 0) is 0 Å². The van der Waals surface area contributed by atoms with Gasteiger partial charge in [0.2, 0.25) is 0 Å². The first kappa shape index (κ1) is 17.5. The van der Waals surface area contributed by atoms with Crippen molar-refractivity contribution in [1.82, 2.24) is 0 Å². The molecule has 0 aliphatic rings. The minimum Gasteiger partial charge on any atom is -0.495 e. The summed E-state index contributed by atoms with van der Waals surface area (Å²) in [6.45, 7) is 1.80. The molecular formula is C18H15Cl2NO4. The van der Waals surface area contributed by atoms with Crippen molar-refractivity contribution in [1.29, 1.82) is 0 Å². The standard InChI is InChI=1S/C18H15Cl2NO4/c1-9-10-5-4-6-11(19)17(10)25-16(9)18(22)21-13-8-14(23-2)12(20)7-15(13)24-3/h4-8H,1-3H3,(H,21,22). The maximum Gasteiger partial charge on any atom is 0.291 e. The molecule has 0 atom stereocenters. The molecule has 1 amide bonds. The fourth-order valence-corrected chi connectivity index (χ4v) is 3.01. The molecule has 1 aromatic heterocycles. The molecule has 1 N–H and O–H groups in total. The summed E-state index contributed by atoms with van der Waals surface area (Å²) in [5, 5.41) is 4.38. The van der Waals surface area contributed by atoms with Gasteiger partial charge in [0.1, 0.15) is 11.5 Å². The smallest absolute Gasteiger partial charge is 0.291 e. The minimum atomic E-state index is -0.424. The molecule has 0 aliphatic heterocycles. The summed E-state index contributed by atoms with van der Waals surface area (Å²) in [6.07, 6.45) is 0. The van der Waals surface area contributed by atoms with Gasteiger partial charge in [-0.05, 0) is 13.0 Å². The van der Waals surface area contributed by atoms with E-state index in [9.17, 15) is 4.79 Å². The van der Waals surface area contributed by atoms with Crippen LogP contribution in [-0.4, -0.2) is 20.1 Å². The molecule has 5 nitrogen and oxygen atoms in total. The molecule has 0 fully saturated rings. The first-order valence-electron chi connectivity index (χ1n) is 7.36. The minimum absolute atomic E-state index is 0.180. The van der Waals surface area contributed by atoms with Gasteiger partial charge in [0.15, 0.2) is 11.3 Å². The lowest BCUT2D eigenvalue weighted by atomic mass is 10.1. The Balaban J connectivity index is 2.01. The molecule has 1 heterocycles. The molecule has 0 bridgehead atoms. The highest BCUT2D eigenvalue weighted by Crippen LogP contribution is 2.37. The summed E-state index contributed by atoms with van der Waals surface area (Å²) in [5.74, 6) is 0.583. The van der Waals surface area contributed by atoms with Gasteiger partial charge in [-0.1, -0.05) is 35.3 Å². The maximum atomic E-state index is 12.7. The van der Waals surface area contributed by atoms with Crippen LogP contribution in [0.5, 0.6) is 11.5 Å². The van der Waals surface area contributed by atoms with Crippen LogP contribution in [0.3, 0.4) is 0 Å². The average molecular weight is 380 g/mol. The van der Waals surface area contributed by atoms with Crippen molar-refractivity contribution >= 4 is 45.8 Å². The number of amides is 1. The van der Waals surface area contributed by atoms with Gasteiger partial charge >= 0.3 is 0 Å². The van der Waals surface area contributed by atoms with Gasteiger partial charge in [0, 0.05) is 23.1 Å². The number of nitrogens with one attached hydrogen (secondary N) is 1. The van der Waals surface area contributed by atoms with Gasteiger partial charge in [0.05, 0.1) is 30.0 Å². The number of aryl methyl sites for hydroxylation is 1. The van der Waals surface area contributed by atoms with Crippen LogP contribution >= 0.6 is 23.2 Å². The summed E-state index contributed by atoms with van der Waals surface area (Å²) in [4.78, 5) is 12.7. The molecule has 0 saturated carbocycles. The SMILES string of the molecule is COc1cc(NC(=O)c2oc3c(Cl)cccc3c2C)c(OC)cc1Cl. The van der Waals surface area contributed by atoms with Crippen LogP contribution in [0.2, 0.25) is 10.0 Å². The Morgan fingerprint density at radius 2 is 1.80 bits per heavy atom. The van der Waals surface area contributed by atoms with Crippen molar-refractivity contribution < 1.29 is 18.7 Å². The Labute approximate surface area is 154 Å². The zero-order valence-corrected chi connectivity index (χ0v) is 15.3. The van der Waals surface area contributed by atoms with Crippen LogP contribution in [0.4, 0.5) is 5.69 Å². The van der Waals surface area contributed by atoms with Gasteiger partial charge in [-0.25, -0.2) is 0 Å².